The lowest BCUT2D eigenvalue weighted by molar-refractivity contribution is -0.164. The van der Waals surface area contributed by atoms with Crippen molar-refractivity contribution in [3.05, 3.63) is 35.9 Å². The number of benzene rings is 1. The highest BCUT2D eigenvalue weighted by atomic mass is 16.8. The fourth-order valence-electron chi connectivity index (χ4n) is 4.46. The molecule has 2 saturated heterocycles. The molecule has 136 valence electrons. The van der Waals surface area contributed by atoms with Crippen LogP contribution >= 0.6 is 0 Å². The summed E-state index contributed by atoms with van der Waals surface area (Å²) < 4.78 is 22.0. The fourth-order valence-corrected chi connectivity index (χ4v) is 4.46. The van der Waals surface area contributed by atoms with Gasteiger partial charge in [0.15, 0.2) is 11.5 Å². The second-order valence-corrected chi connectivity index (χ2v) is 7.17. The third-order valence-electron chi connectivity index (χ3n) is 5.87. The van der Waals surface area contributed by atoms with Crippen LogP contribution in [0, 0.1) is 0 Å². The molecule has 4 atom stereocenters. The van der Waals surface area contributed by atoms with E-state index in [9.17, 15) is 4.79 Å². The van der Waals surface area contributed by atoms with E-state index in [2.05, 4.69) is 24.1 Å². The van der Waals surface area contributed by atoms with Crippen LogP contribution in [0.1, 0.15) is 18.4 Å². The summed E-state index contributed by atoms with van der Waals surface area (Å²) in [6.45, 7) is 0.930. The van der Waals surface area contributed by atoms with E-state index in [1.54, 1.807) is 14.2 Å². The summed E-state index contributed by atoms with van der Waals surface area (Å²) in [6.07, 6.45) is 5.45. The molecule has 0 amide bonds. The zero-order chi connectivity index (χ0) is 18.5. The van der Waals surface area contributed by atoms with Gasteiger partial charge in [0.25, 0.3) is 0 Å². The van der Waals surface area contributed by atoms with Crippen molar-refractivity contribution < 1.29 is 23.7 Å². The van der Waals surface area contributed by atoms with Crippen molar-refractivity contribution in [3.63, 3.8) is 0 Å². The van der Waals surface area contributed by atoms with E-state index in [-0.39, 0.29) is 11.5 Å². The first-order valence-corrected chi connectivity index (χ1v) is 8.72. The molecule has 2 radical (unpaired) electrons. The Morgan fingerprint density at radius 1 is 1.23 bits per heavy atom. The van der Waals surface area contributed by atoms with E-state index in [1.165, 1.54) is 0 Å². The third-order valence-corrected chi connectivity index (χ3v) is 5.87. The quantitative estimate of drug-likeness (QED) is 0.464. The van der Waals surface area contributed by atoms with Crippen molar-refractivity contribution in [3.8, 4) is 11.5 Å². The summed E-state index contributed by atoms with van der Waals surface area (Å²) in [5, 5.41) is 0. The first-order chi connectivity index (χ1) is 12.4. The number of ether oxygens (including phenoxy) is 4. The molecule has 7 heteroatoms. The van der Waals surface area contributed by atoms with Gasteiger partial charge in [-0.3, -0.25) is 4.79 Å². The number of likely N-dealkylation sites (tertiary alicyclic amines) is 1. The normalized spacial score (nSPS) is 36.2. The molecule has 2 unspecified atom stereocenters. The van der Waals surface area contributed by atoms with Crippen molar-refractivity contribution in [1.82, 2.24) is 4.90 Å². The first-order valence-electron chi connectivity index (χ1n) is 8.72. The monoisotopic (exact) mass is 355 g/mol. The van der Waals surface area contributed by atoms with Crippen molar-refractivity contribution in [2.24, 2.45) is 0 Å². The summed E-state index contributed by atoms with van der Waals surface area (Å²) in [4.78, 5) is 14.1. The van der Waals surface area contributed by atoms with E-state index in [1.807, 2.05) is 18.2 Å². The van der Waals surface area contributed by atoms with Gasteiger partial charge in [-0.15, -0.1) is 0 Å². The summed E-state index contributed by atoms with van der Waals surface area (Å²) >= 11 is 0. The van der Waals surface area contributed by atoms with Gasteiger partial charge < -0.3 is 23.8 Å². The van der Waals surface area contributed by atoms with E-state index < -0.39 is 17.8 Å². The average molecular weight is 355 g/mol. The molecule has 0 aromatic heterocycles. The van der Waals surface area contributed by atoms with E-state index >= 15 is 0 Å². The molecule has 26 heavy (non-hydrogen) atoms. The number of likely N-dealkylation sites (N-methyl/N-ethyl adjacent to an activating group) is 1. The minimum Gasteiger partial charge on any atom is -0.493 e. The van der Waals surface area contributed by atoms with Crippen LogP contribution in [0.2, 0.25) is 0 Å². The van der Waals surface area contributed by atoms with Crippen molar-refractivity contribution in [2.75, 3.05) is 27.8 Å². The van der Waals surface area contributed by atoms with Gasteiger partial charge in [0, 0.05) is 17.9 Å². The highest BCUT2D eigenvalue weighted by Crippen LogP contribution is 2.50. The fraction of sp³-hybridized carbons (Fsp3) is 0.526. The van der Waals surface area contributed by atoms with Crippen LogP contribution in [0.5, 0.6) is 11.5 Å². The van der Waals surface area contributed by atoms with Crippen LogP contribution in [-0.2, 0) is 19.7 Å². The predicted molar refractivity (Wildman–Crippen MR) is 95.5 cm³/mol. The second kappa shape index (κ2) is 6.03. The van der Waals surface area contributed by atoms with Gasteiger partial charge in [0.2, 0.25) is 5.79 Å². The number of hydrogen-bond acceptors (Lipinski definition) is 6. The largest absolute Gasteiger partial charge is 0.493 e. The Bertz CT molecular complexity index is 768. The Balaban J connectivity index is 1.76. The van der Waals surface area contributed by atoms with E-state index in [0.717, 1.165) is 18.5 Å². The number of hydrogen-bond donors (Lipinski definition) is 0. The molecule has 2 heterocycles. The van der Waals surface area contributed by atoms with Crippen molar-refractivity contribution in [1.29, 1.82) is 0 Å². The number of esters is 1. The summed E-state index contributed by atoms with van der Waals surface area (Å²) in [5.74, 6) is -0.188. The van der Waals surface area contributed by atoms with Crippen LogP contribution < -0.4 is 9.47 Å². The van der Waals surface area contributed by atoms with Crippen LogP contribution in [-0.4, -0.2) is 64.4 Å². The van der Waals surface area contributed by atoms with Crippen LogP contribution in [0.3, 0.4) is 0 Å². The van der Waals surface area contributed by atoms with E-state index in [4.69, 9.17) is 26.8 Å². The van der Waals surface area contributed by atoms with Gasteiger partial charge in [-0.05, 0) is 43.8 Å². The Hall–Kier alpha value is -1.99. The first kappa shape index (κ1) is 17.4. The van der Waals surface area contributed by atoms with Crippen LogP contribution in [0.15, 0.2) is 30.4 Å². The molecule has 0 N–H and O–H groups in total. The van der Waals surface area contributed by atoms with Crippen LogP contribution in [0.25, 0.3) is 0 Å². The predicted octanol–water partition coefficient (Wildman–Crippen LogP) is 1.37. The maximum Gasteiger partial charge on any atom is 0.328 e. The standard InChI is InChI=1S/C19H22BNO5/c1-21-9-8-18(12-4-5-13(23-2)14(10-12)24-3)6-7-19(11-15(18)21)25-16(20)17(22)26-19/h4-7,10,15-16H,8-9,11H2,1-3H3/t15-,16?,18-,19?/m0/s1. The number of carbonyl (C=O) groups is 1. The topological polar surface area (TPSA) is 57.2 Å². The van der Waals surface area contributed by atoms with E-state index in [0.29, 0.717) is 17.9 Å². The Morgan fingerprint density at radius 2 is 2.00 bits per heavy atom. The van der Waals surface area contributed by atoms with Gasteiger partial charge in [0.05, 0.1) is 14.2 Å². The molecule has 2 aliphatic heterocycles. The SMILES string of the molecule is [B]C1OC2(C=C[C@@]3(c4ccc(OC)c(OC)c4)CCN(C)[C@H]3C2)OC1=O. The molecule has 0 bridgehead atoms. The number of carbonyl (C=O) groups excluding carboxylic acids is 1. The zero-order valence-corrected chi connectivity index (χ0v) is 15.2. The van der Waals surface area contributed by atoms with Gasteiger partial charge >= 0.3 is 5.97 Å². The van der Waals surface area contributed by atoms with Gasteiger partial charge in [-0.2, -0.15) is 0 Å². The molecule has 4 rings (SSSR count). The Kier molecular flexibility index (Phi) is 4.04. The van der Waals surface area contributed by atoms with Gasteiger partial charge in [0.1, 0.15) is 13.8 Å². The third kappa shape index (κ3) is 2.45. The highest BCUT2D eigenvalue weighted by Gasteiger charge is 2.56. The minimum absolute atomic E-state index is 0.115. The molecule has 1 aromatic rings. The summed E-state index contributed by atoms with van der Waals surface area (Å²) in [5.41, 5.74) is 0.936. The summed E-state index contributed by atoms with van der Waals surface area (Å²) in [7, 11) is 11.0. The average Bonchev–Trinajstić information content (AvgIpc) is 3.12. The molecule has 1 spiro atoms. The van der Waals surface area contributed by atoms with Gasteiger partial charge in [-0.1, -0.05) is 12.1 Å². The highest BCUT2D eigenvalue weighted by molar-refractivity contribution is 6.22. The summed E-state index contributed by atoms with van der Waals surface area (Å²) in [6, 6.07) is 5.12. The lowest BCUT2D eigenvalue weighted by Crippen LogP contribution is -2.50. The number of fused-ring (bicyclic) bond motifs is 1. The van der Waals surface area contributed by atoms with Crippen molar-refractivity contribution in [2.45, 2.75) is 36.1 Å². The molecular weight excluding hydrogens is 333 g/mol. The minimum atomic E-state index is -1.07. The van der Waals surface area contributed by atoms with Crippen LogP contribution in [0.4, 0.5) is 0 Å². The van der Waals surface area contributed by atoms with Gasteiger partial charge in [-0.25, -0.2) is 0 Å². The Morgan fingerprint density at radius 3 is 2.65 bits per heavy atom. The maximum atomic E-state index is 11.8. The molecule has 6 nitrogen and oxygen atoms in total. The maximum absolute atomic E-state index is 11.8. The second-order valence-electron chi connectivity index (χ2n) is 7.17. The Labute approximate surface area is 154 Å². The number of nitrogens with zero attached hydrogens (tertiary/aromatic N) is 1. The lowest BCUT2D eigenvalue weighted by Gasteiger charge is -2.43. The zero-order valence-electron chi connectivity index (χ0n) is 15.2. The number of methoxy groups -OCH3 is 2. The molecule has 2 fully saturated rings. The number of rotatable bonds is 3. The van der Waals surface area contributed by atoms with Crippen molar-refractivity contribution >= 4 is 13.8 Å². The molecule has 0 saturated carbocycles. The molecule has 3 aliphatic rings. The molecule has 1 aromatic carbocycles. The molecule has 1 aliphatic carbocycles. The lowest BCUT2D eigenvalue weighted by atomic mass is 9.68. The molecular formula is C19H22BNO5. The smallest absolute Gasteiger partial charge is 0.328 e.